The molecule has 3 aromatic carbocycles. The lowest BCUT2D eigenvalue weighted by Crippen LogP contribution is -1.99. The Balaban J connectivity index is 1.26. The lowest BCUT2D eigenvalue weighted by molar-refractivity contribution is 0.317. The third-order valence-corrected chi connectivity index (χ3v) is 8.07. The molecule has 4 heteroatoms. The number of fused-ring (bicyclic) bond motifs is 8. The molecule has 0 spiro atoms. The molecule has 1 nitrogen and oxygen atoms in total. The predicted molar refractivity (Wildman–Crippen MR) is 131 cm³/mol. The van der Waals surface area contributed by atoms with E-state index >= 15 is 0 Å². The highest BCUT2D eigenvalue weighted by Gasteiger charge is 2.28. The SMILES string of the molecule is CCCOc1ccc(CCc2cc3c4c(ccc3s2)-c2c-4ccc3sc(F)cc23)cc1. The molecule has 154 valence electrons. The van der Waals surface area contributed by atoms with Crippen molar-refractivity contribution in [1.29, 1.82) is 0 Å². The van der Waals surface area contributed by atoms with Gasteiger partial charge in [0.25, 0.3) is 0 Å². The Morgan fingerprint density at radius 2 is 1.45 bits per heavy atom. The van der Waals surface area contributed by atoms with Crippen molar-refractivity contribution in [3.8, 4) is 28.0 Å². The second-order valence-corrected chi connectivity index (χ2v) is 10.3. The number of ether oxygens (including phenoxy) is 1. The molecule has 0 aliphatic heterocycles. The van der Waals surface area contributed by atoms with Crippen molar-refractivity contribution in [3.05, 3.63) is 76.2 Å². The van der Waals surface area contributed by atoms with E-state index in [2.05, 4.69) is 61.5 Å². The van der Waals surface area contributed by atoms with Crippen molar-refractivity contribution in [2.75, 3.05) is 6.61 Å². The number of halogens is 1. The van der Waals surface area contributed by atoms with Crippen LogP contribution in [0, 0.1) is 5.13 Å². The normalized spacial score (nSPS) is 12.1. The summed E-state index contributed by atoms with van der Waals surface area (Å²) in [5, 5.41) is 2.28. The Kier molecular flexibility index (Phi) is 4.58. The summed E-state index contributed by atoms with van der Waals surface area (Å²) in [5.74, 6) is 0.949. The van der Waals surface area contributed by atoms with Gasteiger partial charge in [0.05, 0.1) is 6.61 Å². The highest BCUT2D eigenvalue weighted by molar-refractivity contribution is 7.19. The van der Waals surface area contributed by atoms with Crippen molar-refractivity contribution >= 4 is 42.8 Å². The molecule has 1 aliphatic carbocycles. The van der Waals surface area contributed by atoms with Crippen LogP contribution in [-0.2, 0) is 12.8 Å². The van der Waals surface area contributed by atoms with E-state index in [-0.39, 0.29) is 5.13 Å². The Morgan fingerprint density at radius 3 is 2.16 bits per heavy atom. The molecule has 0 N–H and O–H groups in total. The fraction of sp³-hybridized carbons (Fsp3) is 0.185. The van der Waals surface area contributed by atoms with E-state index in [0.717, 1.165) is 41.7 Å². The Labute approximate surface area is 188 Å². The second kappa shape index (κ2) is 7.47. The quantitative estimate of drug-likeness (QED) is 0.250. The number of aryl methyl sites for hydroxylation is 2. The molecule has 6 rings (SSSR count). The number of hydrogen-bond acceptors (Lipinski definition) is 3. The summed E-state index contributed by atoms with van der Waals surface area (Å²) in [5.41, 5.74) is 6.41. The van der Waals surface area contributed by atoms with Crippen LogP contribution in [0.1, 0.15) is 23.8 Å². The van der Waals surface area contributed by atoms with Gasteiger partial charge in [0.1, 0.15) is 5.75 Å². The van der Waals surface area contributed by atoms with E-state index < -0.39 is 0 Å². The van der Waals surface area contributed by atoms with E-state index in [0.29, 0.717) is 0 Å². The van der Waals surface area contributed by atoms with Crippen LogP contribution in [0.3, 0.4) is 0 Å². The van der Waals surface area contributed by atoms with Gasteiger partial charge >= 0.3 is 0 Å². The van der Waals surface area contributed by atoms with E-state index in [1.807, 2.05) is 11.3 Å². The standard InChI is InChI=1S/C27H21FOS2/c1-2-13-29-17-6-3-16(4-7-17)5-8-18-14-21-23(30-18)11-9-19-26(21)20-10-12-24-22(27(19)20)15-25(28)31-24/h3-4,6-7,9-12,14-15H,2,5,8,13H2,1H3. The first-order valence-electron chi connectivity index (χ1n) is 10.7. The van der Waals surface area contributed by atoms with Gasteiger partial charge in [0.2, 0.25) is 0 Å². The van der Waals surface area contributed by atoms with Crippen molar-refractivity contribution in [1.82, 2.24) is 0 Å². The third kappa shape index (κ3) is 3.17. The van der Waals surface area contributed by atoms with Crippen LogP contribution in [0.5, 0.6) is 5.75 Å². The van der Waals surface area contributed by atoms with E-state index in [9.17, 15) is 4.39 Å². The van der Waals surface area contributed by atoms with Gasteiger partial charge in [-0.1, -0.05) is 31.2 Å². The first-order chi connectivity index (χ1) is 15.2. The summed E-state index contributed by atoms with van der Waals surface area (Å²) < 4.78 is 21.8. The van der Waals surface area contributed by atoms with Crippen molar-refractivity contribution in [2.45, 2.75) is 26.2 Å². The molecule has 0 fully saturated rings. The topological polar surface area (TPSA) is 9.23 Å². The van der Waals surface area contributed by atoms with E-state index in [1.54, 1.807) is 6.07 Å². The summed E-state index contributed by atoms with van der Waals surface area (Å²) >= 11 is 3.12. The molecule has 2 aromatic heterocycles. The molecule has 2 heterocycles. The minimum atomic E-state index is -0.110. The van der Waals surface area contributed by atoms with Gasteiger partial charge in [-0.25, -0.2) is 0 Å². The van der Waals surface area contributed by atoms with Crippen LogP contribution in [-0.4, -0.2) is 6.61 Å². The molecule has 0 bridgehead atoms. The minimum Gasteiger partial charge on any atom is -0.494 e. The van der Waals surface area contributed by atoms with Gasteiger partial charge in [-0.05, 0) is 83.5 Å². The summed E-state index contributed by atoms with van der Waals surface area (Å²) in [7, 11) is 0. The third-order valence-electron chi connectivity index (χ3n) is 6.02. The van der Waals surface area contributed by atoms with Crippen LogP contribution in [0.15, 0.2) is 60.7 Å². The highest BCUT2D eigenvalue weighted by Crippen LogP contribution is 2.55. The molecule has 0 saturated carbocycles. The molecular formula is C27H21FOS2. The summed E-state index contributed by atoms with van der Waals surface area (Å²) in [6.07, 6.45) is 3.08. The zero-order chi connectivity index (χ0) is 20.9. The Bertz CT molecular complexity index is 1430. The van der Waals surface area contributed by atoms with Crippen LogP contribution < -0.4 is 4.74 Å². The van der Waals surface area contributed by atoms with Gasteiger partial charge in [-0.3, -0.25) is 0 Å². The Morgan fingerprint density at radius 1 is 0.774 bits per heavy atom. The fourth-order valence-corrected chi connectivity index (χ4v) is 6.41. The first kappa shape index (κ1) is 19.0. The molecule has 0 radical (unpaired) electrons. The zero-order valence-corrected chi connectivity index (χ0v) is 18.8. The van der Waals surface area contributed by atoms with Gasteiger partial charge in [-0.2, -0.15) is 4.39 Å². The summed E-state index contributed by atoms with van der Waals surface area (Å²) in [4.78, 5) is 1.41. The van der Waals surface area contributed by atoms with Crippen LogP contribution in [0.2, 0.25) is 0 Å². The first-order valence-corrected chi connectivity index (χ1v) is 12.3. The number of hydrogen-bond donors (Lipinski definition) is 0. The van der Waals surface area contributed by atoms with Gasteiger partial charge in [0.15, 0.2) is 5.13 Å². The van der Waals surface area contributed by atoms with Gasteiger partial charge < -0.3 is 4.74 Å². The number of benzene rings is 3. The van der Waals surface area contributed by atoms with Crippen LogP contribution >= 0.6 is 22.7 Å². The van der Waals surface area contributed by atoms with Crippen LogP contribution in [0.4, 0.5) is 4.39 Å². The zero-order valence-electron chi connectivity index (χ0n) is 17.2. The van der Waals surface area contributed by atoms with E-state index in [1.165, 1.54) is 54.1 Å². The molecule has 1 aliphatic rings. The average Bonchev–Trinajstić information content (AvgIpc) is 3.34. The number of thiophene rings is 2. The van der Waals surface area contributed by atoms with E-state index in [4.69, 9.17) is 4.74 Å². The van der Waals surface area contributed by atoms with Gasteiger partial charge in [-0.15, -0.1) is 22.7 Å². The molecule has 0 atom stereocenters. The smallest absolute Gasteiger partial charge is 0.177 e. The lowest BCUT2D eigenvalue weighted by atomic mass is 9.77. The Hall–Kier alpha value is -2.69. The highest BCUT2D eigenvalue weighted by atomic mass is 32.1. The maximum Gasteiger partial charge on any atom is 0.177 e. The predicted octanol–water partition coefficient (Wildman–Crippen LogP) is 8.48. The summed E-state index contributed by atoms with van der Waals surface area (Å²) in [6.45, 7) is 2.88. The minimum absolute atomic E-state index is 0.110. The average molecular weight is 445 g/mol. The maximum absolute atomic E-state index is 13.8. The maximum atomic E-state index is 13.8. The lowest BCUT2D eigenvalue weighted by Gasteiger charge is -2.25. The monoisotopic (exact) mass is 444 g/mol. The van der Waals surface area contributed by atoms with Gasteiger partial charge in [0, 0.05) is 25.0 Å². The molecule has 0 amide bonds. The molecule has 0 unspecified atom stereocenters. The van der Waals surface area contributed by atoms with Crippen molar-refractivity contribution in [3.63, 3.8) is 0 Å². The largest absolute Gasteiger partial charge is 0.494 e. The number of rotatable bonds is 6. The molecular weight excluding hydrogens is 423 g/mol. The second-order valence-electron chi connectivity index (χ2n) is 8.06. The van der Waals surface area contributed by atoms with Crippen LogP contribution in [0.25, 0.3) is 42.4 Å². The molecule has 31 heavy (non-hydrogen) atoms. The van der Waals surface area contributed by atoms with Crippen molar-refractivity contribution < 1.29 is 9.13 Å². The van der Waals surface area contributed by atoms with Crippen molar-refractivity contribution in [2.24, 2.45) is 0 Å². The fourth-order valence-electron chi connectivity index (χ4n) is 4.54. The summed E-state index contributed by atoms with van der Waals surface area (Å²) in [6, 6.07) is 21.2. The molecule has 5 aromatic rings. The molecule has 0 saturated heterocycles.